The maximum Gasteiger partial charge on any atom is 0.253 e. The van der Waals surface area contributed by atoms with Crippen LogP contribution in [-0.4, -0.2) is 54.1 Å². The Bertz CT molecular complexity index is 506. The molecule has 2 aliphatic rings. The lowest BCUT2D eigenvalue weighted by atomic mass is 10.0. The number of carbonyl (C=O) groups is 1. The van der Waals surface area contributed by atoms with E-state index in [1.807, 2.05) is 36.1 Å². The second-order valence-corrected chi connectivity index (χ2v) is 6.58. The van der Waals surface area contributed by atoms with Gasteiger partial charge in [-0.25, -0.2) is 0 Å². The first kappa shape index (κ1) is 15.5. The van der Waals surface area contributed by atoms with Crippen LogP contribution in [0, 0.1) is 6.92 Å². The van der Waals surface area contributed by atoms with E-state index in [4.69, 9.17) is 0 Å². The van der Waals surface area contributed by atoms with Gasteiger partial charge in [0.15, 0.2) is 0 Å². The van der Waals surface area contributed by atoms with Crippen molar-refractivity contribution in [1.29, 1.82) is 0 Å². The molecule has 0 unspecified atom stereocenters. The minimum Gasteiger partial charge on any atom is -0.339 e. The lowest BCUT2D eigenvalue weighted by Gasteiger charge is -2.38. The summed E-state index contributed by atoms with van der Waals surface area (Å²) in [6, 6.07) is 9.22. The van der Waals surface area contributed by atoms with Crippen LogP contribution < -0.4 is 5.32 Å². The summed E-state index contributed by atoms with van der Waals surface area (Å²) in [5.74, 6) is 0.185. The number of hydrogen-bond donors (Lipinski definition) is 1. The van der Waals surface area contributed by atoms with Crippen molar-refractivity contribution in [1.82, 2.24) is 15.1 Å². The van der Waals surface area contributed by atoms with Crippen LogP contribution in [0.1, 0.15) is 42.1 Å². The second-order valence-electron chi connectivity index (χ2n) is 6.58. The first-order valence-electron chi connectivity index (χ1n) is 8.51. The molecule has 1 N–H and O–H groups in total. The van der Waals surface area contributed by atoms with E-state index in [0.29, 0.717) is 12.1 Å². The molecule has 0 bridgehead atoms. The van der Waals surface area contributed by atoms with Gasteiger partial charge in [0.1, 0.15) is 0 Å². The van der Waals surface area contributed by atoms with E-state index >= 15 is 0 Å². The maximum atomic E-state index is 12.6. The molecule has 22 heavy (non-hydrogen) atoms. The maximum absolute atomic E-state index is 12.6. The molecule has 120 valence electrons. The van der Waals surface area contributed by atoms with E-state index in [0.717, 1.165) is 44.7 Å². The van der Waals surface area contributed by atoms with E-state index in [1.165, 1.54) is 12.0 Å². The summed E-state index contributed by atoms with van der Waals surface area (Å²) in [6.45, 7) is 8.19. The normalized spacial score (nSPS) is 23.9. The van der Waals surface area contributed by atoms with Crippen LogP contribution in [0.15, 0.2) is 24.3 Å². The van der Waals surface area contributed by atoms with E-state index in [1.54, 1.807) is 0 Å². The number of carbonyl (C=O) groups excluding carboxylic acids is 1. The molecule has 0 spiro atoms. The van der Waals surface area contributed by atoms with Crippen molar-refractivity contribution in [3.8, 4) is 0 Å². The highest BCUT2D eigenvalue weighted by Crippen LogP contribution is 2.22. The largest absolute Gasteiger partial charge is 0.339 e. The van der Waals surface area contributed by atoms with Crippen LogP contribution in [0.25, 0.3) is 0 Å². The third-order valence-corrected chi connectivity index (χ3v) is 5.13. The van der Waals surface area contributed by atoms with E-state index in [-0.39, 0.29) is 5.91 Å². The lowest BCUT2D eigenvalue weighted by molar-refractivity contribution is 0.0600. The monoisotopic (exact) mass is 301 g/mol. The fourth-order valence-electron chi connectivity index (χ4n) is 3.69. The lowest BCUT2D eigenvalue weighted by Crippen LogP contribution is -2.48. The third kappa shape index (κ3) is 3.18. The number of amides is 1. The van der Waals surface area contributed by atoms with Crippen molar-refractivity contribution in [3.63, 3.8) is 0 Å². The fourth-order valence-corrected chi connectivity index (χ4v) is 3.69. The van der Waals surface area contributed by atoms with Gasteiger partial charge in [-0.3, -0.25) is 9.69 Å². The minimum atomic E-state index is 0.185. The van der Waals surface area contributed by atoms with Gasteiger partial charge in [0.2, 0.25) is 0 Å². The molecule has 2 saturated heterocycles. The Hall–Kier alpha value is -1.39. The zero-order chi connectivity index (χ0) is 15.5. The van der Waals surface area contributed by atoms with Crippen molar-refractivity contribution in [2.24, 2.45) is 0 Å². The Kier molecular flexibility index (Phi) is 4.79. The molecule has 0 aliphatic carbocycles. The van der Waals surface area contributed by atoms with Gasteiger partial charge >= 0.3 is 0 Å². The van der Waals surface area contributed by atoms with Gasteiger partial charge in [0.25, 0.3) is 5.91 Å². The number of nitrogens with zero attached hydrogens (tertiary/aromatic N) is 2. The molecule has 1 amide bonds. The number of rotatable bonds is 3. The molecular formula is C18H27N3O. The summed E-state index contributed by atoms with van der Waals surface area (Å²) >= 11 is 0. The molecule has 2 heterocycles. The van der Waals surface area contributed by atoms with Crippen LogP contribution in [0.2, 0.25) is 0 Å². The van der Waals surface area contributed by atoms with Gasteiger partial charge in [0.05, 0.1) is 0 Å². The van der Waals surface area contributed by atoms with Crippen molar-refractivity contribution in [2.75, 3.05) is 26.3 Å². The molecule has 1 atom stereocenters. The predicted molar refractivity (Wildman–Crippen MR) is 88.9 cm³/mol. The molecule has 3 rings (SSSR count). The van der Waals surface area contributed by atoms with Crippen molar-refractivity contribution in [2.45, 2.75) is 45.2 Å². The summed E-state index contributed by atoms with van der Waals surface area (Å²) in [5.41, 5.74) is 2.01. The molecule has 4 nitrogen and oxygen atoms in total. The molecule has 1 aromatic rings. The Labute approximate surface area is 133 Å². The fraction of sp³-hybridized carbons (Fsp3) is 0.611. The summed E-state index contributed by atoms with van der Waals surface area (Å²) in [7, 11) is 0. The summed E-state index contributed by atoms with van der Waals surface area (Å²) in [4.78, 5) is 17.2. The number of nitrogens with one attached hydrogen (secondary N) is 1. The smallest absolute Gasteiger partial charge is 0.253 e. The minimum absolute atomic E-state index is 0.185. The second kappa shape index (κ2) is 6.80. The highest BCUT2D eigenvalue weighted by molar-refractivity contribution is 5.94. The molecule has 0 saturated carbocycles. The van der Waals surface area contributed by atoms with Gasteiger partial charge < -0.3 is 10.2 Å². The first-order chi connectivity index (χ1) is 10.7. The quantitative estimate of drug-likeness (QED) is 0.930. The summed E-state index contributed by atoms with van der Waals surface area (Å²) in [6.07, 6.45) is 3.39. The van der Waals surface area contributed by atoms with Crippen LogP contribution in [0.5, 0.6) is 0 Å². The van der Waals surface area contributed by atoms with E-state index in [2.05, 4.69) is 17.1 Å². The van der Waals surface area contributed by atoms with E-state index < -0.39 is 0 Å². The number of aryl methyl sites for hydroxylation is 1. The Morgan fingerprint density at radius 3 is 2.55 bits per heavy atom. The molecule has 2 aliphatic heterocycles. The first-order valence-corrected chi connectivity index (χ1v) is 8.51. The molecule has 4 heteroatoms. The van der Waals surface area contributed by atoms with Crippen LogP contribution in [0.3, 0.4) is 0 Å². The van der Waals surface area contributed by atoms with Gasteiger partial charge in [-0.15, -0.1) is 0 Å². The van der Waals surface area contributed by atoms with Crippen LogP contribution >= 0.6 is 0 Å². The van der Waals surface area contributed by atoms with Crippen LogP contribution in [-0.2, 0) is 0 Å². The molecule has 0 radical (unpaired) electrons. The number of piperidine rings is 1. The Morgan fingerprint density at radius 1 is 1.23 bits per heavy atom. The topological polar surface area (TPSA) is 35.6 Å². The number of likely N-dealkylation sites (tertiary alicyclic amines) is 1. The van der Waals surface area contributed by atoms with Gasteiger partial charge in [-0.2, -0.15) is 0 Å². The average molecular weight is 301 g/mol. The number of benzene rings is 1. The molecule has 2 fully saturated rings. The van der Waals surface area contributed by atoms with Crippen molar-refractivity contribution < 1.29 is 4.79 Å². The van der Waals surface area contributed by atoms with Crippen molar-refractivity contribution >= 4 is 5.91 Å². The molecular weight excluding hydrogens is 274 g/mol. The SMILES string of the molecule is CC[C@H]1CNCN1C1CCN(C(=O)c2ccc(C)cc2)CC1. The number of hydrogen-bond acceptors (Lipinski definition) is 3. The van der Waals surface area contributed by atoms with Gasteiger partial charge in [-0.05, 0) is 38.3 Å². The van der Waals surface area contributed by atoms with Crippen LogP contribution in [0.4, 0.5) is 0 Å². The zero-order valence-electron chi connectivity index (χ0n) is 13.7. The zero-order valence-corrected chi connectivity index (χ0v) is 13.7. The van der Waals surface area contributed by atoms with E-state index in [9.17, 15) is 4.79 Å². The average Bonchev–Trinajstić information content (AvgIpc) is 3.04. The third-order valence-electron chi connectivity index (χ3n) is 5.13. The predicted octanol–water partition coefficient (Wildman–Crippen LogP) is 2.24. The highest BCUT2D eigenvalue weighted by atomic mass is 16.2. The van der Waals surface area contributed by atoms with Gasteiger partial charge in [-0.1, -0.05) is 24.6 Å². The summed E-state index contributed by atoms with van der Waals surface area (Å²) < 4.78 is 0. The Morgan fingerprint density at radius 2 is 1.91 bits per heavy atom. The standard InChI is InChI=1S/C18H27N3O/c1-3-16-12-19-13-21(16)17-8-10-20(11-9-17)18(22)15-6-4-14(2)5-7-15/h4-7,16-17,19H,3,8-13H2,1-2H3/t16-/m0/s1. The van der Waals surface area contributed by atoms with Crippen molar-refractivity contribution in [3.05, 3.63) is 35.4 Å². The highest BCUT2D eigenvalue weighted by Gasteiger charge is 2.32. The summed E-state index contributed by atoms with van der Waals surface area (Å²) in [5, 5.41) is 3.48. The molecule has 0 aromatic heterocycles. The molecule has 1 aromatic carbocycles. The Balaban J connectivity index is 1.57. The van der Waals surface area contributed by atoms with Gasteiger partial charge in [0, 0.05) is 44.0 Å².